The fourth-order valence-corrected chi connectivity index (χ4v) is 4.20. The first-order chi connectivity index (χ1) is 13.7. The highest BCUT2D eigenvalue weighted by Crippen LogP contribution is 2.32. The molecular weight excluding hydrogens is 396 g/mol. The number of hydrogen-bond donors (Lipinski definition) is 1. The lowest BCUT2D eigenvalue weighted by Crippen LogP contribution is -2.24. The molecule has 9 heteroatoms. The Hall–Kier alpha value is -2.78. The number of hydrogen-bond acceptors (Lipinski definition) is 7. The summed E-state index contributed by atoms with van der Waals surface area (Å²) in [5.41, 5.74) is 0.956. The first kappa shape index (κ1) is 18.6. The molecule has 0 saturated carbocycles. The summed E-state index contributed by atoms with van der Waals surface area (Å²) in [6, 6.07) is 9.62. The standard InChI is InChI=1S/C19H18N4O3S2/c1-2-7-23-18(16-4-3-8-27-16)21-22-19(23)28-11-17(24)20-10-13-5-6-14-15(9-13)26-12-25-14/h2-6,8-9H,1,7,10-12H2,(H,20,24). The molecule has 0 unspecified atom stereocenters. The second-order valence-electron chi connectivity index (χ2n) is 5.94. The van der Waals surface area contributed by atoms with E-state index in [1.807, 2.05) is 40.3 Å². The van der Waals surface area contributed by atoms with Gasteiger partial charge in [0.25, 0.3) is 0 Å². The molecular formula is C19H18N4O3S2. The van der Waals surface area contributed by atoms with E-state index in [1.54, 1.807) is 17.4 Å². The van der Waals surface area contributed by atoms with E-state index in [0.29, 0.717) is 24.0 Å². The quantitative estimate of drug-likeness (QED) is 0.450. The summed E-state index contributed by atoms with van der Waals surface area (Å²) in [7, 11) is 0. The molecule has 2 aromatic heterocycles. The molecule has 28 heavy (non-hydrogen) atoms. The number of fused-ring (bicyclic) bond motifs is 1. The van der Waals surface area contributed by atoms with Gasteiger partial charge in [-0.3, -0.25) is 9.36 Å². The van der Waals surface area contributed by atoms with Crippen molar-refractivity contribution in [3.63, 3.8) is 0 Å². The van der Waals surface area contributed by atoms with Gasteiger partial charge >= 0.3 is 0 Å². The zero-order valence-electron chi connectivity index (χ0n) is 15.0. The summed E-state index contributed by atoms with van der Waals surface area (Å²) >= 11 is 2.96. The Balaban J connectivity index is 1.35. The third-order valence-electron chi connectivity index (χ3n) is 4.03. The number of allylic oxidation sites excluding steroid dienone is 1. The fourth-order valence-electron chi connectivity index (χ4n) is 2.71. The van der Waals surface area contributed by atoms with Gasteiger partial charge in [-0.15, -0.1) is 28.1 Å². The second kappa shape index (κ2) is 8.49. The number of carbonyl (C=O) groups is 1. The Bertz CT molecular complexity index is 985. The summed E-state index contributed by atoms with van der Waals surface area (Å²) in [6.45, 7) is 5.05. The Morgan fingerprint density at radius 1 is 1.32 bits per heavy atom. The average molecular weight is 415 g/mol. The summed E-state index contributed by atoms with van der Waals surface area (Å²) in [4.78, 5) is 13.3. The van der Waals surface area contributed by atoms with Crippen molar-refractivity contribution in [2.24, 2.45) is 0 Å². The molecule has 0 atom stereocenters. The number of rotatable bonds is 8. The summed E-state index contributed by atoms with van der Waals surface area (Å²) in [6.07, 6.45) is 1.80. The Morgan fingerprint density at radius 2 is 2.21 bits per heavy atom. The van der Waals surface area contributed by atoms with E-state index in [0.717, 1.165) is 22.0 Å². The van der Waals surface area contributed by atoms with Crippen LogP contribution in [-0.2, 0) is 17.9 Å². The summed E-state index contributed by atoms with van der Waals surface area (Å²) in [5, 5.41) is 14.1. The molecule has 0 fully saturated rings. The minimum Gasteiger partial charge on any atom is -0.454 e. The van der Waals surface area contributed by atoms with Crippen LogP contribution in [0.25, 0.3) is 10.7 Å². The van der Waals surface area contributed by atoms with Crippen molar-refractivity contribution in [2.45, 2.75) is 18.2 Å². The first-order valence-electron chi connectivity index (χ1n) is 8.60. The van der Waals surface area contributed by atoms with Crippen LogP contribution in [0.1, 0.15) is 5.56 Å². The molecule has 7 nitrogen and oxygen atoms in total. The molecule has 144 valence electrons. The highest BCUT2D eigenvalue weighted by atomic mass is 32.2. The van der Waals surface area contributed by atoms with Crippen molar-refractivity contribution in [1.82, 2.24) is 20.1 Å². The number of nitrogens with zero attached hydrogens (tertiary/aromatic N) is 3. The van der Waals surface area contributed by atoms with E-state index in [-0.39, 0.29) is 18.5 Å². The number of nitrogens with one attached hydrogen (secondary N) is 1. The topological polar surface area (TPSA) is 78.3 Å². The van der Waals surface area contributed by atoms with E-state index in [4.69, 9.17) is 9.47 Å². The van der Waals surface area contributed by atoms with Gasteiger partial charge in [-0.2, -0.15) is 0 Å². The van der Waals surface area contributed by atoms with Gasteiger partial charge in [-0.25, -0.2) is 0 Å². The van der Waals surface area contributed by atoms with Crippen molar-refractivity contribution in [1.29, 1.82) is 0 Å². The van der Waals surface area contributed by atoms with E-state index >= 15 is 0 Å². The molecule has 0 bridgehead atoms. The first-order valence-corrected chi connectivity index (χ1v) is 10.5. The van der Waals surface area contributed by atoms with Gasteiger partial charge in [0.1, 0.15) is 0 Å². The Kier molecular flexibility index (Phi) is 5.63. The van der Waals surface area contributed by atoms with Gasteiger partial charge in [-0.05, 0) is 29.1 Å². The van der Waals surface area contributed by atoms with Gasteiger partial charge in [0.2, 0.25) is 12.7 Å². The predicted octanol–water partition coefficient (Wildman–Crippen LogP) is 3.33. The Labute approximate surface area is 170 Å². The zero-order chi connectivity index (χ0) is 19.3. The van der Waals surface area contributed by atoms with Crippen LogP contribution in [-0.4, -0.2) is 33.2 Å². The average Bonchev–Trinajstić information content (AvgIpc) is 3.45. The van der Waals surface area contributed by atoms with Crippen LogP contribution >= 0.6 is 23.1 Å². The van der Waals surface area contributed by atoms with Crippen molar-refractivity contribution in [2.75, 3.05) is 12.5 Å². The van der Waals surface area contributed by atoms with E-state index in [1.165, 1.54) is 11.8 Å². The zero-order valence-corrected chi connectivity index (χ0v) is 16.6. The third-order valence-corrected chi connectivity index (χ3v) is 5.86. The van der Waals surface area contributed by atoms with Crippen molar-refractivity contribution in [3.05, 3.63) is 53.9 Å². The second-order valence-corrected chi connectivity index (χ2v) is 7.83. The van der Waals surface area contributed by atoms with E-state index in [2.05, 4.69) is 22.1 Å². The lowest BCUT2D eigenvalue weighted by atomic mass is 10.2. The van der Waals surface area contributed by atoms with Gasteiger partial charge in [0, 0.05) is 13.1 Å². The highest BCUT2D eigenvalue weighted by Gasteiger charge is 2.16. The number of thioether (sulfide) groups is 1. The number of thiophene rings is 1. The van der Waals surface area contributed by atoms with Crippen molar-refractivity contribution >= 4 is 29.0 Å². The molecule has 1 aliphatic rings. The molecule has 0 aliphatic carbocycles. The minimum absolute atomic E-state index is 0.0755. The normalized spacial score (nSPS) is 12.1. The number of ether oxygens (including phenoxy) is 2. The third kappa shape index (κ3) is 4.05. The molecule has 0 radical (unpaired) electrons. The summed E-state index contributed by atoms with van der Waals surface area (Å²) in [5.74, 6) is 2.41. The van der Waals surface area contributed by atoms with Crippen LogP contribution in [0.15, 0.2) is 53.5 Å². The van der Waals surface area contributed by atoms with Gasteiger partial charge in [-0.1, -0.05) is 30.0 Å². The van der Waals surface area contributed by atoms with E-state index in [9.17, 15) is 4.79 Å². The van der Waals surface area contributed by atoms with Crippen LogP contribution in [0.2, 0.25) is 0 Å². The van der Waals surface area contributed by atoms with Gasteiger partial charge < -0.3 is 14.8 Å². The van der Waals surface area contributed by atoms with Crippen LogP contribution in [0.5, 0.6) is 11.5 Å². The summed E-state index contributed by atoms with van der Waals surface area (Å²) < 4.78 is 12.6. The Morgan fingerprint density at radius 3 is 3.04 bits per heavy atom. The molecule has 0 saturated heterocycles. The number of carbonyl (C=O) groups excluding carboxylic acids is 1. The highest BCUT2D eigenvalue weighted by molar-refractivity contribution is 7.99. The van der Waals surface area contributed by atoms with E-state index < -0.39 is 0 Å². The van der Waals surface area contributed by atoms with Gasteiger partial charge in [0.05, 0.1) is 10.6 Å². The van der Waals surface area contributed by atoms with Crippen molar-refractivity contribution < 1.29 is 14.3 Å². The molecule has 1 aliphatic heterocycles. The fraction of sp³-hybridized carbons (Fsp3) is 0.211. The molecule has 1 aromatic carbocycles. The van der Waals surface area contributed by atoms with Crippen LogP contribution in [0, 0.1) is 0 Å². The SMILES string of the molecule is C=CCn1c(SCC(=O)NCc2ccc3c(c2)OCO3)nnc1-c1cccs1. The predicted molar refractivity (Wildman–Crippen MR) is 109 cm³/mol. The number of benzene rings is 1. The van der Waals surface area contributed by atoms with Crippen LogP contribution in [0.4, 0.5) is 0 Å². The molecule has 4 rings (SSSR count). The maximum absolute atomic E-state index is 12.3. The maximum Gasteiger partial charge on any atom is 0.231 e. The van der Waals surface area contributed by atoms with Crippen molar-refractivity contribution in [3.8, 4) is 22.2 Å². The minimum atomic E-state index is -0.0755. The molecule has 3 aromatic rings. The number of amides is 1. The van der Waals surface area contributed by atoms with Crippen LogP contribution < -0.4 is 14.8 Å². The maximum atomic E-state index is 12.3. The lowest BCUT2D eigenvalue weighted by Gasteiger charge is -2.08. The lowest BCUT2D eigenvalue weighted by molar-refractivity contribution is -0.118. The molecule has 1 amide bonds. The largest absolute Gasteiger partial charge is 0.454 e. The monoisotopic (exact) mass is 414 g/mol. The smallest absolute Gasteiger partial charge is 0.231 e. The van der Waals surface area contributed by atoms with Crippen LogP contribution in [0.3, 0.4) is 0 Å². The van der Waals surface area contributed by atoms with Gasteiger partial charge in [0.15, 0.2) is 22.5 Å². The number of aromatic nitrogens is 3. The molecule has 1 N–H and O–H groups in total. The molecule has 0 spiro atoms. The molecule has 3 heterocycles.